The van der Waals surface area contributed by atoms with E-state index in [2.05, 4.69) is 13.2 Å². The van der Waals surface area contributed by atoms with Gasteiger partial charge in [-0.25, -0.2) is 0 Å². The second-order valence-corrected chi connectivity index (χ2v) is 0. The Bertz CT molecular complexity index is 7.61. The molecule has 0 aromatic carbocycles. The van der Waals surface area contributed by atoms with Crippen molar-refractivity contribution in [2.75, 3.05) is 0 Å². The Morgan fingerprint density at radius 2 is 0.800 bits per heavy atom. The second kappa shape index (κ2) is 575. The Labute approximate surface area is 45.6 Å². The standard InChI is InChI=1S/C2H4.2H3N.Zn/c1-2;;;/h1-2H2;2*1H3;. The van der Waals surface area contributed by atoms with Gasteiger partial charge in [0.25, 0.3) is 0 Å². The molecule has 0 aromatic rings. The van der Waals surface area contributed by atoms with Gasteiger partial charge in [-0.3, -0.25) is 0 Å². The molecule has 0 bridgehead atoms. The molecule has 0 unspecified atom stereocenters. The number of hydrogen-bond donors (Lipinski definition) is 2. The van der Waals surface area contributed by atoms with E-state index in [1.165, 1.54) is 0 Å². The summed E-state index contributed by atoms with van der Waals surface area (Å²) in [4.78, 5) is 0. The molecule has 0 fully saturated rings. The van der Waals surface area contributed by atoms with Crippen LogP contribution in [0.4, 0.5) is 0 Å². The Morgan fingerprint density at radius 1 is 0.800 bits per heavy atom. The first-order valence-corrected chi connectivity index (χ1v) is 0.500. The summed E-state index contributed by atoms with van der Waals surface area (Å²) in [5.41, 5.74) is 0. The zero-order valence-corrected chi connectivity index (χ0v) is 6.50. The fourth-order valence-corrected chi connectivity index (χ4v) is 0. The predicted octanol–water partition coefficient (Wildman–Crippen LogP) is 1.12. The van der Waals surface area contributed by atoms with Crippen LogP contribution >= 0.6 is 0 Å². The van der Waals surface area contributed by atoms with E-state index < -0.39 is 0 Å². The SMILES string of the molecule is C=C.N.N.[Zn]. The average Bonchev–Trinajstić information content (AvgIpc) is 1.00. The van der Waals surface area contributed by atoms with Crippen molar-refractivity contribution in [3.63, 3.8) is 0 Å². The summed E-state index contributed by atoms with van der Waals surface area (Å²) in [6.07, 6.45) is 0. The van der Waals surface area contributed by atoms with Gasteiger partial charge in [-0.2, -0.15) is 0 Å². The van der Waals surface area contributed by atoms with Crippen LogP contribution in [0.3, 0.4) is 0 Å². The smallest absolute Gasteiger partial charge is 0 e. The monoisotopic (exact) mass is 126 g/mol. The van der Waals surface area contributed by atoms with Gasteiger partial charge in [0.1, 0.15) is 0 Å². The quantitative estimate of drug-likeness (QED) is 0.378. The first-order valence-electron chi connectivity index (χ1n) is 0.500. The summed E-state index contributed by atoms with van der Waals surface area (Å²) in [5, 5.41) is 0. The minimum atomic E-state index is 0. The Morgan fingerprint density at radius 3 is 0.800 bits per heavy atom. The molecule has 0 saturated carbocycles. The van der Waals surface area contributed by atoms with Gasteiger partial charge < -0.3 is 12.3 Å². The van der Waals surface area contributed by atoms with Gasteiger partial charge in [0, 0.05) is 19.5 Å². The van der Waals surface area contributed by atoms with E-state index >= 15 is 0 Å². The zero-order chi connectivity index (χ0) is 2.00. The van der Waals surface area contributed by atoms with Crippen LogP contribution in [0.2, 0.25) is 0 Å². The molecule has 30 valence electrons. The molecule has 0 aliphatic heterocycles. The van der Waals surface area contributed by atoms with Gasteiger partial charge >= 0.3 is 0 Å². The van der Waals surface area contributed by atoms with E-state index in [0.717, 1.165) is 0 Å². The molecule has 0 spiro atoms. The molecule has 0 amide bonds. The third-order valence-corrected chi connectivity index (χ3v) is 0. The van der Waals surface area contributed by atoms with Gasteiger partial charge in [-0.05, 0) is 0 Å². The van der Waals surface area contributed by atoms with Gasteiger partial charge in [0.15, 0.2) is 0 Å². The van der Waals surface area contributed by atoms with Crippen LogP contribution in [0.25, 0.3) is 0 Å². The van der Waals surface area contributed by atoms with Gasteiger partial charge in [0.05, 0.1) is 0 Å². The predicted molar refractivity (Wildman–Crippen MR) is 21.3 cm³/mol. The van der Waals surface area contributed by atoms with Crippen LogP contribution in [-0.2, 0) is 19.5 Å². The van der Waals surface area contributed by atoms with Gasteiger partial charge in [-0.1, -0.05) is 0 Å². The van der Waals surface area contributed by atoms with Crippen molar-refractivity contribution in [3.05, 3.63) is 13.2 Å². The molecule has 0 rings (SSSR count). The largest absolute Gasteiger partial charge is 0.344 e. The topological polar surface area (TPSA) is 70.0 Å². The third kappa shape index (κ3) is 278. The maximum atomic E-state index is 3.00. The first-order chi connectivity index (χ1) is 1.00. The Balaban J connectivity index is -0.00000000167. The van der Waals surface area contributed by atoms with E-state index in [-0.39, 0.29) is 31.8 Å². The minimum absolute atomic E-state index is 0. The molecule has 6 N–H and O–H groups in total. The normalized spacial score (nSPS) is 0.800. The summed E-state index contributed by atoms with van der Waals surface area (Å²) in [6.45, 7) is 6.00. The summed E-state index contributed by atoms with van der Waals surface area (Å²) in [6, 6.07) is 0. The molecule has 0 aromatic heterocycles. The maximum absolute atomic E-state index is 3.00. The van der Waals surface area contributed by atoms with E-state index in [9.17, 15) is 0 Å². The van der Waals surface area contributed by atoms with E-state index in [4.69, 9.17) is 0 Å². The molecule has 0 atom stereocenters. The number of hydrogen-bond acceptors (Lipinski definition) is 2. The Hall–Kier alpha value is 0.283. The summed E-state index contributed by atoms with van der Waals surface area (Å²) in [5.74, 6) is 0. The van der Waals surface area contributed by atoms with Crippen molar-refractivity contribution >= 4 is 0 Å². The first kappa shape index (κ1) is 58.9. The van der Waals surface area contributed by atoms with Crippen LogP contribution in [0.1, 0.15) is 0 Å². The van der Waals surface area contributed by atoms with Crippen LogP contribution in [0.15, 0.2) is 13.2 Å². The van der Waals surface area contributed by atoms with Crippen LogP contribution in [0.5, 0.6) is 0 Å². The van der Waals surface area contributed by atoms with Crippen molar-refractivity contribution in [1.29, 1.82) is 0 Å². The maximum Gasteiger partial charge on any atom is 0 e. The van der Waals surface area contributed by atoms with Gasteiger partial charge in [0.2, 0.25) is 0 Å². The summed E-state index contributed by atoms with van der Waals surface area (Å²) >= 11 is 0. The van der Waals surface area contributed by atoms with Gasteiger partial charge in [-0.15, -0.1) is 13.2 Å². The molecule has 0 aliphatic rings. The number of rotatable bonds is 0. The second-order valence-electron chi connectivity index (χ2n) is 0. The molecule has 0 aliphatic carbocycles. The van der Waals surface area contributed by atoms with Crippen molar-refractivity contribution in [2.24, 2.45) is 0 Å². The fraction of sp³-hybridized carbons (Fsp3) is 0. The molecule has 0 saturated heterocycles. The Kier molecular flexibility index (Phi) is 6770. The summed E-state index contributed by atoms with van der Waals surface area (Å²) < 4.78 is 0. The third-order valence-electron chi connectivity index (χ3n) is 0. The molecular formula is C2H10N2Zn. The van der Waals surface area contributed by atoms with Crippen LogP contribution in [-0.4, -0.2) is 0 Å². The van der Waals surface area contributed by atoms with E-state index in [0.29, 0.717) is 0 Å². The molecule has 0 heterocycles. The molecule has 0 radical (unpaired) electrons. The molecule has 2 nitrogen and oxygen atoms in total. The van der Waals surface area contributed by atoms with Crippen molar-refractivity contribution < 1.29 is 19.5 Å². The van der Waals surface area contributed by atoms with Crippen molar-refractivity contribution in [2.45, 2.75) is 0 Å². The zero-order valence-electron chi connectivity index (χ0n) is 3.54. The van der Waals surface area contributed by atoms with E-state index in [1.54, 1.807) is 0 Å². The summed E-state index contributed by atoms with van der Waals surface area (Å²) in [7, 11) is 0. The minimum Gasteiger partial charge on any atom is -0.344 e. The van der Waals surface area contributed by atoms with Crippen molar-refractivity contribution in [1.82, 2.24) is 12.3 Å². The van der Waals surface area contributed by atoms with E-state index in [1.807, 2.05) is 0 Å². The molecule has 5 heavy (non-hydrogen) atoms. The average molecular weight is 128 g/mol. The van der Waals surface area contributed by atoms with Crippen LogP contribution < -0.4 is 12.3 Å². The molecular weight excluding hydrogens is 117 g/mol. The molecule has 3 heteroatoms. The van der Waals surface area contributed by atoms with Crippen molar-refractivity contribution in [3.8, 4) is 0 Å². The van der Waals surface area contributed by atoms with Crippen LogP contribution in [0, 0.1) is 0 Å². The fourth-order valence-electron chi connectivity index (χ4n) is 0.